The molecule has 3 heterocycles. The summed E-state index contributed by atoms with van der Waals surface area (Å²) in [5.74, 6) is -0.250. The van der Waals surface area contributed by atoms with Gasteiger partial charge in [-0.1, -0.05) is 23.8 Å². The SMILES string of the molecule is Cc1cccc(-c2ccc(NC(=O)CN3CCCC4=C3C(=O)[N+](C)=C4O)nn2)c1. The number of likely N-dealkylation sites (N-methyl/N-ethyl adjacent to an activating group) is 1. The second-order valence-electron chi connectivity index (χ2n) is 7.26. The van der Waals surface area contributed by atoms with Crippen LogP contribution >= 0.6 is 0 Å². The van der Waals surface area contributed by atoms with Crippen LogP contribution in [0.15, 0.2) is 47.7 Å². The molecule has 0 saturated heterocycles. The van der Waals surface area contributed by atoms with Crippen molar-refractivity contribution < 1.29 is 19.3 Å². The summed E-state index contributed by atoms with van der Waals surface area (Å²) < 4.78 is 1.22. The van der Waals surface area contributed by atoms with Crippen LogP contribution in [0.25, 0.3) is 11.3 Å². The van der Waals surface area contributed by atoms with Gasteiger partial charge in [0, 0.05) is 12.1 Å². The van der Waals surface area contributed by atoms with Crippen LogP contribution in [-0.4, -0.2) is 62.6 Å². The van der Waals surface area contributed by atoms with Crippen molar-refractivity contribution in [3.63, 3.8) is 0 Å². The number of hydrogen-bond acceptors (Lipinski definition) is 5. The summed E-state index contributed by atoms with van der Waals surface area (Å²) >= 11 is 0. The number of nitrogens with one attached hydrogen (secondary N) is 1. The Bertz CT molecular complexity index is 1060. The summed E-state index contributed by atoms with van der Waals surface area (Å²) in [4.78, 5) is 26.6. The van der Waals surface area contributed by atoms with E-state index in [0.29, 0.717) is 30.1 Å². The quantitative estimate of drug-likeness (QED) is 0.771. The molecule has 0 saturated carbocycles. The summed E-state index contributed by atoms with van der Waals surface area (Å²) in [5.41, 5.74) is 3.84. The Morgan fingerprint density at radius 3 is 2.83 bits per heavy atom. The maximum atomic E-state index is 12.5. The third-order valence-corrected chi connectivity index (χ3v) is 5.13. The maximum absolute atomic E-state index is 12.5. The van der Waals surface area contributed by atoms with Crippen molar-refractivity contribution in [3.8, 4) is 11.3 Å². The van der Waals surface area contributed by atoms with Crippen molar-refractivity contribution in [1.29, 1.82) is 0 Å². The van der Waals surface area contributed by atoms with Gasteiger partial charge in [-0.05, 0) is 38.0 Å². The second kappa shape index (κ2) is 7.46. The zero-order chi connectivity index (χ0) is 20.5. The molecule has 2 N–H and O–H groups in total. The van der Waals surface area contributed by atoms with Crippen molar-refractivity contribution in [3.05, 3.63) is 53.2 Å². The third-order valence-electron chi connectivity index (χ3n) is 5.13. The molecule has 0 radical (unpaired) electrons. The van der Waals surface area contributed by atoms with Gasteiger partial charge in [0.25, 0.3) is 0 Å². The van der Waals surface area contributed by atoms with E-state index in [2.05, 4.69) is 15.5 Å². The van der Waals surface area contributed by atoms with Gasteiger partial charge in [-0.3, -0.25) is 4.79 Å². The highest BCUT2D eigenvalue weighted by Gasteiger charge is 2.43. The third kappa shape index (κ3) is 3.61. The fraction of sp³-hybridized carbons (Fsp3) is 0.286. The van der Waals surface area contributed by atoms with E-state index in [1.165, 1.54) is 11.6 Å². The Labute approximate surface area is 168 Å². The van der Waals surface area contributed by atoms with E-state index in [1.807, 2.05) is 31.2 Å². The van der Waals surface area contributed by atoms with Gasteiger partial charge in [0.15, 0.2) is 11.5 Å². The standard InChI is InChI=1S/C21H21N5O3/c1-13-5-3-6-14(11-13)16-8-9-17(24-23-16)22-18(27)12-26-10-4-7-15-19(26)21(29)25(2)20(15)28/h3,5-6,8-9,11H,4,7,10,12H2,1-2H3,(H,22,24,27)/p+1. The Morgan fingerprint density at radius 2 is 2.10 bits per heavy atom. The van der Waals surface area contributed by atoms with Crippen LogP contribution < -0.4 is 5.32 Å². The first-order valence-electron chi connectivity index (χ1n) is 9.47. The molecule has 0 spiro atoms. The first-order valence-corrected chi connectivity index (χ1v) is 9.47. The first kappa shape index (κ1) is 18.8. The lowest BCUT2D eigenvalue weighted by molar-refractivity contribution is -0.419. The highest BCUT2D eigenvalue weighted by molar-refractivity contribution is 6.07. The molecule has 2 amide bonds. The molecule has 0 unspecified atom stereocenters. The monoisotopic (exact) mass is 392 g/mol. The van der Waals surface area contributed by atoms with Crippen molar-refractivity contribution in [2.24, 2.45) is 0 Å². The van der Waals surface area contributed by atoms with E-state index in [1.54, 1.807) is 17.0 Å². The highest BCUT2D eigenvalue weighted by atomic mass is 16.3. The van der Waals surface area contributed by atoms with E-state index in [-0.39, 0.29) is 24.3 Å². The lowest BCUT2D eigenvalue weighted by atomic mass is 10.0. The van der Waals surface area contributed by atoms with Crippen molar-refractivity contribution in [2.45, 2.75) is 19.8 Å². The Kier molecular flexibility index (Phi) is 4.84. The van der Waals surface area contributed by atoms with Crippen LogP contribution in [0.2, 0.25) is 0 Å². The molecular formula is C21H22N5O3+. The molecule has 2 aliphatic rings. The molecule has 8 nitrogen and oxygen atoms in total. The Hall–Kier alpha value is -3.55. The average molecular weight is 392 g/mol. The number of rotatable bonds is 4. The molecule has 1 aromatic carbocycles. The minimum absolute atomic E-state index is 0.00695. The molecule has 8 heteroatoms. The zero-order valence-electron chi connectivity index (χ0n) is 16.3. The van der Waals surface area contributed by atoms with Crippen molar-refractivity contribution in [1.82, 2.24) is 15.1 Å². The summed E-state index contributed by atoms with van der Waals surface area (Å²) in [6.45, 7) is 2.60. The van der Waals surface area contributed by atoms with Crippen LogP contribution in [0, 0.1) is 6.92 Å². The zero-order valence-corrected chi connectivity index (χ0v) is 16.3. The number of aliphatic hydroxyl groups excluding tert-OH is 1. The molecule has 4 rings (SSSR count). The lowest BCUT2D eigenvalue weighted by Crippen LogP contribution is -2.38. The largest absolute Gasteiger partial charge is 0.459 e. The molecule has 0 atom stereocenters. The van der Waals surface area contributed by atoms with Gasteiger partial charge in [-0.15, -0.1) is 14.8 Å². The Morgan fingerprint density at radius 1 is 1.28 bits per heavy atom. The molecule has 0 bridgehead atoms. The maximum Gasteiger partial charge on any atom is 0.439 e. The Balaban J connectivity index is 1.43. The first-order chi connectivity index (χ1) is 13.9. The van der Waals surface area contributed by atoms with Gasteiger partial charge in [-0.25, -0.2) is 4.79 Å². The van der Waals surface area contributed by atoms with E-state index in [9.17, 15) is 14.7 Å². The van der Waals surface area contributed by atoms with E-state index < -0.39 is 0 Å². The van der Waals surface area contributed by atoms with Crippen LogP contribution in [0.4, 0.5) is 5.82 Å². The van der Waals surface area contributed by atoms with E-state index >= 15 is 0 Å². The molecule has 29 heavy (non-hydrogen) atoms. The number of carbonyl (C=O) groups is 2. The molecular weight excluding hydrogens is 370 g/mol. The smallest absolute Gasteiger partial charge is 0.439 e. The van der Waals surface area contributed by atoms with E-state index in [0.717, 1.165) is 23.2 Å². The number of carbonyl (C=O) groups excluding carboxylic acids is 2. The van der Waals surface area contributed by atoms with Gasteiger partial charge >= 0.3 is 11.8 Å². The number of hydrogen-bond donors (Lipinski definition) is 2. The fourth-order valence-corrected chi connectivity index (χ4v) is 3.68. The minimum Gasteiger partial charge on any atom is -0.459 e. The number of anilines is 1. The second-order valence-corrected chi connectivity index (χ2v) is 7.26. The molecule has 0 aliphatic carbocycles. The van der Waals surface area contributed by atoms with Crippen LogP contribution in [0.3, 0.4) is 0 Å². The highest BCUT2D eigenvalue weighted by Crippen LogP contribution is 2.27. The molecule has 2 aromatic rings. The molecule has 148 valence electrons. The summed E-state index contributed by atoms with van der Waals surface area (Å²) in [6.07, 6.45) is 1.39. The lowest BCUT2D eigenvalue weighted by Gasteiger charge is -2.26. The van der Waals surface area contributed by atoms with E-state index in [4.69, 9.17) is 0 Å². The number of nitrogens with zero attached hydrogens (tertiary/aromatic N) is 4. The number of aryl methyl sites for hydroxylation is 1. The summed E-state index contributed by atoms with van der Waals surface area (Å²) in [5, 5.41) is 21.1. The van der Waals surface area contributed by atoms with Crippen LogP contribution in [0.1, 0.15) is 18.4 Å². The van der Waals surface area contributed by atoms with Gasteiger partial charge in [0.05, 0.1) is 17.8 Å². The molecule has 0 fully saturated rings. The minimum atomic E-state index is -0.293. The van der Waals surface area contributed by atoms with Crippen molar-refractivity contribution >= 4 is 23.5 Å². The number of aromatic nitrogens is 2. The summed E-state index contributed by atoms with van der Waals surface area (Å²) in [7, 11) is 1.53. The number of benzene rings is 1. The van der Waals surface area contributed by atoms with Gasteiger partial charge in [0.1, 0.15) is 7.05 Å². The summed E-state index contributed by atoms with van der Waals surface area (Å²) in [6, 6.07) is 11.5. The normalized spacial score (nSPS) is 16.3. The van der Waals surface area contributed by atoms with Gasteiger partial charge in [0.2, 0.25) is 5.91 Å². The van der Waals surface area contributed by atoms with Gasteiger partial charge in [-0.2, -0.15) is 0 Å². The van der Waals surface area contributed by atoms with Gasteiger partial charge < -0.3 is 15.3 Å². The predicted octanol–water partition coefficient (Wildman–Crippen LogP) is 1.88. The number of aliphatic hydroxyl groups is 1. The number of amides is 2. The van der Waals surface area contributed by atoms with Crippen LogP contribution in [-0.2, 0) is 9.59 Å². The molecule has 1 aromatic heterocycles. The topological polar surface area (TPSA) is 98.4 Å². The fourth-order valence-electron chi connectivity index (χ4n) is 3.68. The van der Waals surface area contributed by atoms with Crippen LogP contribution in [0.5, 0.6) is 0 Å². The molecule has 2 aliphatic heterocycles. The van der Waals surface area contributed by atoms with Crippen molar-refractivity contribution in [2.75, 3.05) is 25.5 Å². The predicted molar refractivity (Wildman–Crippen MR) is 107 cm³/mol. The average Bonchev–Trinajstić information content (AvgIpc) is 2.93.